The lowest BCUT2D eigenvalue weighted by molar-refractivity contribution is 0.108. The summed E-state index contributed by atoms with van der Waals surface area (Å²) >= 11 is 1.05. The van der Waals surface area contributed by atoms with E-state index in [0.29, 0.717) is 39.1 Å². The lowest BCUT2D eigenvalue weighted by Gasteiger charge is -2.13. The minimum atomic E-state index is -0.154. The average Bonchev–Trinajstić information content (AvgIpc) is 2.60. The van der Waals surface area contributed by atoms with Gasteiger partial charge in [0.05, 0.1) is 34.1 Å². The molecule has 128 valence electrons. The Balaban J connectivity index is 2.30. The van der Waals surface area contributed by atoms with Gasteiger partial charge in [-0.05, 0) is 42.1 Å². The maximum atomic E-state index is 12.5. The summed E-state index contributed by atoms with van der Waals surface area (Å²) in [6.45, 7) is 0. The van der Waals surface area contributed by atoms with Crippen LogP contribution in [0, 0.1) is 0 Å². The maximum Gasteiger partial charge on any atom is 0.224 e. The van der Waals surface area contributed by atoms with E-state index in [9.17, 15) is 4.79 Å². The molecular weight excluding hydrogens is 330 g/mol. The number of hydrogen-bond donors (Lipinski definition) is 1. The molecule has 2 rings (SSSR count). The number of rotatable bonds is 6. The molecule has 0 fully saturated rings. The van der Waals surface area contributed by atoms with Crippen LogP contribution in [0.3, 0.4) is 0 Å². The fourth-order valence-electron chi connectivity index (χ4n) is 2.14. The van der Waals surface area contributed by atoms with Crippen LogP contribution in [0.5, 0.6) is 23.0 Å². The smallest absolute Gasteiger partial charge is 0.224 e. The van der Waals surface area contributed by atoms with Crippen molar-refractivity contribution in [2.75, 3.05) is 34.2 Å². The number of ether oxygens (including phenoxy) is 4. The number of benzene rings is 2. The zero-order chi connectivity index (χ0) is 17.7. The summed E-state index contributed by atoms with van der Waals surface area (Å²) < 4.78 is 20.9. The highest BCUT2D eigenvalue weighted by Gasteiger charge is 2.17. The second-order valence-electron chi connectivity index (χ2n) is 4.71. The van der Waals surface area contributed by atoms with Crippen molar-refractivity contribution in [3.05, 3.63) is 35.9 Å². The molecule has 0 atom stereocenters. The topological polar surface area (TPSA) is 80.0 Å². The van der Waals surface area contributed by atoms with Crippen molar-refractivity contribution in [1.82, 2.24) is 0 Å². The third-order valence-corrected chi connectivity index (χ3v) is 4.21. The largest absolute Gasteiger partial charge is 0.495 e. The van der Waals surface area contributed by atoms with E-state index >= 15 is 0 Å². The van der Waals surface area contributed by atoms with Crippen molar-refractivity contribution in [3.63, 3.8) is 0 Å². The molecule has 0 saturated heterocycles. The Morgan fingerprint density at radius 2 is 1.46 bits per heavy atom. The van der Waals surface area contributed by atoms with Crippen molar-refractivity contribution in [2.45, 2.75) is 4.90 Å². The summed E-state index contributed by atoms with van der Waals surface area (Å²) in [5.74, 6) is 1.98. The van der Waals surface area contributed by atoms with Crippen LogP contribution in [-0.2, 0) is 0 Å². The molecule has 2 N–H and O–H groups in total. The van der Waals surface area contributed by atoms with Gasteiger partial charge >= 0.3 is 0 Å². The molecule has 0 aromatic heterocycles. The number of hydrogen-bond acceptors (Lipinski definition) is 7. The summed E-state index contributed by atoms with van der Waals surface area (Å²) in [6, 6.07) is 8.36. The van der Waals surface area contributed by atoms with Gasteiger partial charge in [-0.2, -0.15) is 0 Å². The van der Waals surface area contributed by atoms with Crippen LogP contribution in [0.4, 0.5) is 5.69 Å². The van der Waals surface area contributed by atoms with Crippen molar-refractivity contribution < 1.29 is 23.7 Å². The molecule has 2 aromatic carbocycles. The summed E-state index contributed by atoms with van der Waals surface area (Å²) in [4.78, 5) is 13.1. The molecule has 2 aromatic rings. The second kappa shape index (κ2) is 7.83. The lowest BCUT2D eigenvalue weighted by atomic mass is 10.2. The average molecular weight is 349 g/mol. The van der Waals surface area contributed by atoms with Crippen molar-refractivity contribution >= 4 is 22.6 Å². The Morgan fingerprint density at radius 3 is 1.92 bits per heavy atom. The molecule has 0 heterocycles. The molecule has 0 amide bonds. The van der Waals surface area contributed by atoms with Gasteiger partial charge in [-0.3, -0.25) is 4.79 Å². The first-order valence-corrected chi connectivity index (χ1v) is 7.81. The molecule has 0 saturated carbocycles. The van der Waals surface area contributed by atoms with Gasteiger partial charge in [0.2, 0.25) is 10.9 Å². The standard InChI is InChI=1S/C17H19NO5S/c1-20-13-6-5-10(7-12(13)18)17(19)24-11-8-14(21-2)16(23-4)15(9-11)22-3/h5-9H,18H2,1-4H3. The molecular formula is C17H19NO5S. The van der Waals surface area contributed by atoms with Crippen molar-refractivity contribution in [2.24, 2.45) is 0 Å². The van der Waals surface area contributed by atoms with Gasteiger partial charge in [-0.1, -0.05) is 0 Å². The first-order chi connectivity index (χ1) is 11.5. The van der Waals surface area contributed by atoms with Gasteiger partial charge in [0.1, 0.15) is 5.75 Å². The van der Waals surface area contributed by atoms with Gasteiger partial charge in [-0.15, -0.1) is 0 Å². The molecule has 6 nitrogen and oxygen atoms in total. The van der Waals surface area contributed by atoms with Crippen LogP contribution in [0.15, 0.2) is 35.2 Å². The van der Waals surface area contributed by atoms with E-state index in [1.54, 1.807) is 30.3 Å². The highest BCUT2D eigenvalue weighted by Crippen LogP contribution is 2.41. The van der Waals surface area contributed by atoms with E-state index in [2.05, 4.69) is 0 Å². The fraction of sp³-hybridized carbons (Fsp3) is 0.235. The quantitative estimate of drug-likeness (QED) is 0.633. The molecule has 0 bridgehead atoms. The minimum absolute atomic E-state index is 0.154. The third kappa shape index (κ3) is 3.68. The number of anilines is 1. The van der Waals surface area contributed by atoms with E-state index in [4.69, 9.17) is 24.7 Å². The summed E-state index contributed by atoms with van der Waals surface area (Å²) in [5, 5.41) is -0.154. The maximum absolute atomic E-state index is 12.5. The number of nitrogens with two attached hydrogens (primary N) is 1. The van der Waals surface area contributed by atoms with E-state index in [1.165, 1.54) is 28.4 Å². The van der Waals surface area contributed by atoms with Crippen LogP contribution in [0.2, 0.25) is 0 Å². The number of methoxy groups -OCH3 is 4. The predicted molar refractivity (Wildman–Crippen MR) is 93.7 cm³/mol. The zero-order valence-electron chi connectivity index (χ0n) is 13.9. The Morgan fingerprint density at radius 1 is 0.875 bits per heavy atom. The summed E-state index contributed by atoms with van der Waals surface area (Å²) in [7, 11) is 6.10. The van der Waals surface area contributed by atoms with Crippen LogP contribution in [0.1, 0.15) is 10.4 Å². The number of carbonyl (C=O) groups is 1. The zero-order valence-corrected chi connectivity index (χ0v) is 14.7. The van der Waals surface area contributed by atoms with Crippen LogP contribution < -0.4 is 24.7 Å². The Bertz CT molecular complexity index is 723. The van der Waals surface area contributed by atoms with Crippen LogP contribution >= 0.6 is 11.8 Å². The van der Waals surface area contributed by atoms with E-state index in [-0.39, 0.29) is 5.12 Å². The van der Waals surface area contributed by atoms with Gasteiger partial charge in [0.15, 0.2) is 11.5 Å². The van der Waals surface area contributed by atoms with Gasteiger partial charge in [-0.25, -0.2) is 0 Å². The van der Waals surface area contributed by atoms with Gasteiger partial charge in [0, 0.05) is 10.5 Å². The molecule has 7 heteroatoms. The first-order valence-electron chi connectivity index (χ1n) is 6.99. The molecule has 0 unspecified atom stereocenters. The SMILES string of the molecule is COc1ccc(C(=O)Sc2cc(OC)c(OC)c(OC)c2)cc1N. The van der Waals surface area contributed by atoms with E-state index < -0.39 is 0 Å². The lowest BCUT2D eigenvalue weighted by Crippen LogP contribution is -1.99. The van der Waals surface area contributed by atoms with E-state index in [0.717, 1.165) is 11.8 Å². The second-order valence-corrected chi connectivity index (χ2v) is 5.75. The monoisotopic (exact) mass is 349 g/mol. The van der Waals surface area contributed by atoms with Crippen molar-refractivity contribution in [1.29, 1.82) is 0 Å². The van der Waals surface area contributed by atoms with E-state index in [1.807, 2.05) is 0 Å². The molecule has 0 radical (unpaired) electrons. The summed E-state index contributed by atoms with van der Waals surface area (Å²) in [5.41, 5.74) is 6.74. The highest BCUT2D eigenvalue weighted by atomic mass is 32.2. The molecule has 0 spiro atoms. The van der Waals surface area contributed by atoms with Gasteiger partial charge in [0.25, 0.3) is 0 Å². The Labute approximate surface area is 144 Å². The molecule has 24 heavy (non-hydrogen) atoms. The highest BCUT2D eigenvalue weighted by molar-refractivity contribution is 8.14. The first kappa shape index (κ1) is 17.8. The Kier molecular flexibility index (Phi) is 5.81. The number of thioether (sulfide) groups is 1. The molecule has 0 aliphatic heterocycles. The van der Waals surface area contributed by atoms with Crippen molar-refractivity contribution in [3.8, 4) is 23.0 Å². The fourth-order valence-corrected chi connectivity index (χ4v) is 2.93. The number of carbonyl (C=O) groups excluding carboxylic acids is 1. The molecule has 0 aliphatic carbocycles. The van der Waals surface area contributed by atoms with Crippen LogP contribution in [0.25, 0.3) is 0 Å². The molecule has 0 aliphatic rings. The Hall–Kier alpha value is -2.54. The third-order valence-electron chi connectivity index (χ3n) is 3.31. The van der Waals surface area contributed by atoms with Gasteiger partial charge < -0.3 is 24.7 Å². The van der Waals surface area contributed by atoms with Crippen LogP contribution in [-0.4, -0.2) is 33.6 Å². The normalized spacial score (nSPS) is 10.2. The minimum Gasteiger partial charge on any atom is -0.495 e. The summed E-state index contributed by atoms with van der Waals surface area (Å²) in [6.07, 6.45) is 0. The predicted octanol–water partition coefficient (Wildman–Crippen LogP) is 3.24. The number of nitrogen functional groups attached to an aromatic ring is 1.